The molecular formula is C21H26N2O4S. The number of piperazine rings is 1. The molecule has 0 aliphatic carbocycles. The summed E-state index contributed by atoms with van der Waals surface area (Å²) in [7, 11) is -3.39. The fourth-order valence-corrected chi connectivity index (χ4v) is 4.65. The fourth-order valence-electron chi connectivity index (χ4n) is 3.13. The highest BCUT2D eigenvalue weighted by Gasteiger charge is 2.29. The van der Waals surface area contributed by atoms with Crippen LogP contribution in [0, 0.1) is 13.8 Å². The second-order valence-electron chi connectivity index (χ2n) is 7.06. The molecule has 1 amide bonds. The van der Waals surface area contributed by atoms with Crippen LogP contribution in [0.2, 0.25) is 0 Å². The minimum absolute atomic E-state index is 0.0162. The number of rotatable bonds is 6. The molecule has 28 heavy (non-hydrogen) atoms. The van der Waals surface area contributed by atoms with Gasteiger partial charge in [-0.3, -0.25) is 4.79 Å². The van der Waals surface area contributed by atoms with Gasteiger partial charge in [-0.05, 0) is 42.7 Å². The van der Waals surface area contributed by atoms with Gasteiger partial charge in [0.1, 0.15) is 5.75 Å². The summed E-state index contributed by atoms with van der Waals surface area (Å²) in [5, 5.41) is 0. The maximum atomic E-state index is 12.6. The summed E-state index contributed by atoms with van der Waals surface area (Å²) in [6, 6.07) is 14.9. The van der Waals surface area contributed by atoms with Crippen LogP contribution >= 0.6 is 0 Å². The number of hydrogen-bond acceptors (Lipinski definition) is 4. The van der Waals surface area contributed by atoms with Crippen molar-refractivity contribution in [3.05, 3.63) is 65.2 Å². The molecule has 0 aromatic heterocycles. The second-order valence-corrected chi connectivity index (χ2v) is 9.03. The molecule has 6 nitrogen and oxygen atoms in total. The van der Waals surface area contributed by atoms with Crippen LogP contribution in [0.3, 0.4) is 0 Å². The Morgan fingerprint density at radius 2 is 1.64 bits per heavy atom. The highest BCUT2D eigenvalue weighted by atomic mass is 32.2. The number of benzene rings is 2. The van der Waals surface area contributed by atoms with Gasteiger partial charge >= 0.3 is 0 Å². The standard InChI is InChI=1S/C21H26N2O4S/c1-17-8-9-20(14-18(17)2)27-15-21(24)22-10-12-23(13-11-22)28(25,26)16-19-6-4-3-5-7-19/h3-9,14H,10-13,15-16H2,1-2H3. The van der Waals surface area contributed by atoms with Crippen LogP contribution in [0.25, 0.3) is 0 Å². The molecule has 1 fully saturated rings. The van der Waals surface area contributed by atoms with Gasteiger partial charge in [-0.1, -0.05) is 36.4 Å². The van der Waals surface area contributed by atoms with E-state index >= 15 is 0 Å². The van der Waals surface area contributed by atoms with Gasteiger partial charge in [0.05, 0.1) is 5.75 Å². The average molecular weight is 403 g/mol. The predicted molar refractivity (Wildman–Crippen MR) is 109 cm³/mol. The van der Waals surface area contributed by atoms with Crippen molar-refractivity contribution in [3.8, 4) is 5.75 Å². The van der Waals surface area contributed by atoms with Gasteiger partial charge in [0, 0.05) is 26.2 Å². The zero-order valence-corrected chi connectivity index (χ0v) is 17.1. The van der Waals surface area contributed by atoms with E-state index in [2.05, 4.69) is 0 Å². The molecule has 1 aliphatic heterocycles. The van der Waals surface area contributed by atoms with E-state index in [1.54, 1.807) is 17.0 Å². The van der Waals surface area contributed by atoms with E-state index in [1.165, 1.54) is 9.87 Å². The summed E-state index contributed by atoms with van der Waals surface area (Å²) in [5.74, 6) is 0.524. The lowest BCUT2D eigenvalue weighted by Crippen LogP contribution is -2.51. The normalized spacial score (nSPS) is 15.4. The first-order valence-electron chi connectivity index (χ1n) is 9.35. The Balaban J connectivity index is 1.50. The third kappa shape index (κ3) is 5.11. The molecule has 1 heterocycles. The van der Waals surface area contributed by atoms with Crippen molar-refractivity contribution < 1.29 is 17.9 Å². The Morgan fingerprint density at radius 3 is 2.29 bits per heavy atom. The Labute approximate surface area is 166 Å². The lowest BCUT2D eigenvalue weighted by Gasteiger charge is -2.34. The molecule has 0 bridgehead atoms. The Kier molecular flexibility index (Phi) is 6.36. The number of ether oxygens (including phenoxy) is 1. The highest BCUT2D eigenvalue weighted by Crippen LogP contribution is 2.17. The maximum absolute atomic E-state index is 12.6. The molecule has 150 valence electrons. The zero-order chi connectivity index (χ0) is 20.1. The van der Waals surface area contributed by atoms with E-state index in [-0.39, 0.29) is 18.3 Å². The summed E-state index contributed by atoms with van der Waals surface area (Å²) in [6.07, 6.45) is 0. The van der Waals surface area contributed by atoms with Crippen LogP contribution in [-0.2, 0) is 20.6 Å². The molecule has 2 aromatic carbocycles. The average Bonchev–Trinajstić information content (AvgIpc) is 2.69. The Hall–Kier alpha value is -2.38. The molecule has 0 unspecified atom stereocenters. The highest BCUT2D eigenvalue weighted by molar-refractivity contribution is 7.88. The predicted octanol–water partition coefficient (Wildman–Crippen LogP) is 2.36. The monoisotopic (exact) mass is 402 g/mol. The van der Waals surface area contributed by atoms with Crippen molar-refractivity contribution in [3.63, 3.8) is 0 Å². The molecule has 7 heteroatoms. The van der Waals surface area contributed by atoms with E-state index in [4.69, 9.17) is 4.74 Å². The largest absolute Gasteiger partial charge is 0.484 e. The van der Waals surface area contributed by atoms with Gasteiger partial charge in [0.2, 0.25) is 10.0 Å². The summed E-state index contributed by atoms with van der Waals surface area (Å²) in [5.41, 5.74) is 3.05. The molecule has 0 saturated carbocycles. The lowest BCUT2D eigenvalue weighted by atomic mass is 10.1. The molecule has 1 aliphatic rings. The molecule has 3 rings (SSSR count). The van der Waals surface area contributed by atoms with Crippen LogP contribution < -0.4 is 4.74 Å². The number of amides is 1. The van der Waals surface area contributed by atoms with Crippen molar-refractivity contribution in [1.82, 2.24) is 9.21 Å². The number of carbonyl (C=O) groups excluding carboxylic acids is 1. The van der Waals surface area contributed by atoms with Gasteiger partial charge in [-0.2, -0.15) is 4.31 Å². The topological polar surface area (TPSA) is 66.9 Å². The quantitative estimate of drug-likeness (QED) is 0.744. The molecule has 0 radical (unpaired) electrons. The molecule has 1 saturated heterocycles. The Morgan fingerprint density at radius 1 is 0.964 bits per heavy atom. The number of aryl methyl sites for hydroxylation is 2. The molecular weight excluding hydrogens is 376 g/mol. The lowest BCUT2D eigenvalue weighted by molar-refractivity contribution is -0.134. The minimum Gasteiger partial charge on any atom is -0.484 e. The third-order valence-electron chi connectivity index (χ3n) is 5.02. The first-order valence-corrected chi connectivity index (χ1v) is 11.0. The van der Waals surface area contributed by atoms with Crippen LogP contribution in [-0.4, -0.2) is 56.3 Å². The summed E-state index contributed by atoms with van der Waals surface area (Å²) < 4.78 is 32.3. The van der Waals surface area contributed by atoms with Crippen LogP contribution in [0.4, 0.5) is 0 Å². The molecule has 0 spiro atoms. The van der Waals surface area contributed by atoms with Gasteiger partial charge < -0.3 is 9.64 Å². The Bertz CT molecular complexity index is 921. The van der Waals surface area contributed by atoms with Crippen molar-refractivity contribution >= 4 is 15.9 Å². The second kappa shape index (κ2) is 8.75. The first kappa shape index (κ1) is 20.4. The van der Waals surface area contributed by atoms with E-state index < -0.39 is 10.0 Å². The number of sulfonamides is 1. The molecule has 2 aromatic rings. The first-order chi connectivity index (χ1) is 13.3. The summed E-state index contributed by atoms with van der Waals surface area (Å²) >= 11 is 0. The van der Waals surface area contributed by atoms with E-state index in [9.17, 15) is 13.2 Å². The number of carbonyl (C=O) groups is 1. The molecule has 0 atom stereocenters. The van der Waals surface area contributed by atoms with Gasteiger partial charge in [-0.25, -0.2) is 8.42 Å². The maximum Gasteiger partial charge on any atom is 0.260 e. The van der Waals surface area contributed by atoms with E-state index in [1.807, 2.05) is 50.2 Å². The summed E-state index contributed by atoms with van der Waals surface area (Å²) in [4.78, 5) is 14.1. The van der Waals surface area contributed by atoms with Gasteiger partial charge in [0.25, 0.3) is 5.91 Å². The number of hydrogen-bond donors (Lipinski definition) is 0. The fraction of sp³-hybridized carbons (Fsp3) is 0.381. The van der Waals surface area contributed by atoms with Crippen molar-refractivity contribution in [2.45, 2.75) is 19.6 Å². The van der Waals surface area contributed by atoms with Crippen molar-refractivity contribution in [2.75, 3.05) is 32.8 Å². The number of nitrogens with zero attached hydrogens (tertiary/aromatic N) is 2. The summed E-state index contributed by atoms with van der Waals surface area (Å²) in [6.45, 7) is 5.36. The van der Waals surface area contributed by atoms with Gasteiger partial charge in [0.15, 0.2) is 6.61 Å². The van der Waals surface area contributed by atoms with E-state index in [0.717, 1.165) is 11.1 Å². The van der Waals surface area contributed by atoms with Crippen LogP contribution in [0.15, 0.2) is 48.5 Å². The smallest absolute Gasteiger partial charge is 0.260 e. The van der Waals surface area contributed by atoms with Crippen molar-refractivity contribution in [2.24, 2.45) is 0 Å². The van der Waals surface area contributed by atoms with Crippen LogP contribution in [0.5, 0.6) is 5.75 Å². The zero-order valence-electron chi connectivity index (χ0n) is 16.3. The van der Waals surface area contributed by atoms with Crippen LogP contribution in [0.1, 0.15) is 16.7 Å². The van der Waals surface area contributed by atoms with E-state index in [0.29, 0.717) is 31.9 Å². The SMILES string of the molecule is Cc1ccc(OCC(=O)N2CCN(S(=O)(=O)Cc3ccccc3)CC2)cc1C. The minimum atomic E-state index is -3.39. The van der Waals surface area contributed by atoms with Crippen molar-refractivity contribution in [1.29, 1.82) is 0 Å². The molecule has 0 N–H and O–H groups in total. The van der Waals surface area contributed by atoms with Gasteiger partial charge in [-0.15, -0.1) is 0 Å². The third-order valence-corrected chi connectivity index (χ3v) is 6.87.